The van der Waals surface area contributed by atoms with Crippen molar-refractivity contribution in [3.63, 3.8) is 0 Å². The number of methoxy groups -OCH3 is 1. The van der Waals surface area contributed by atoms with E-state index < -0.39 is 0 Å². The molecule has 0 aliphatic rings. The minimum absolute atomic E-state index is 0.326. The third kappa shape index (κ3) is 5.06. The zero-order valence-corrected chi connectivity index (χ0v) is 18.8. The van der Waals surface area contributed by atoms with Crippen LogP contribution in [0, 0.1) is 0 Å². The number of anilines is 1. The Hall–Kier alpha value is -1.59. The van der Waals surface area contributed by atoms with E-state index in [2.05, 4.69) is 21.2 Å². The van der Waals surface area contributed by atoms with Crippen molar-refractivity contribution in [1.82, 2.24) is 0 Å². The molecule has 3 aromatic carbocycles. The van der Waals surface area contributed by atoms with E-state index in [1.54, 1.807) is 19.2 Å². The molecule has 3 nitrogen and oxygen atoms in total. The molecule has 0 amide bonds. The quantitative estimate of drug-likeness (QED) is 0.361. The number of ether oxygens (including phenoxy) is 2. The van der Waals surface area contributed by atoms with Crippen molar-refractivity contribution in [2.75, 3.05) is 12.4 Å². The van der Waals surface area contributed by atoms with Gasteiger partial charge in [-0.05, 0) is 36.4 Å². The maximum Gasteiger partial charge on any atom is 0.167 e. The van der Waals surface area contributed by atoms with Crippen LogP contribution in [0.2, 0.25) is 15.1 Å². The van der Waals surface area contributed by atoms with Crippen LogP contribution in [0.15, 0.2) is 59.1 Å². The summed E-state index contributed by atoms with van der Waals surface area (Å²) in [7, 11) is 1.61. The Balaban J connectivity index is 1.85. The molecule has 0 spiro atoms. The Labute approximate surface area is 187 Å². The molecule has 0 aliphatic heterocycles. The fourth-order valence-corrected chi connectivity index (χ4v) is 3.57. The Morgan fingerprint density at radius 1 is 0.929 bits per heavy atom. The minimum atomic E-state index is 0.326. The van der Waals surface area contributed by atoms with E-state index in [-0.39, 0.29) is 0 Å². The first-order chi connectivity index (χ1) is 13.5. The summed E-state index contributed by atoms with van der Waals surface area (Å²) < 4.78 is 12.5. The highest BCUT2D eigenvalue weighted by molar-refractivity contribution is 9.10. The molecule has 0 fully saturated rings. The predicted molar refractivity (Wildman–Crippen MR) is 120 cm³/mol. The van der Waals surface area contributed by atoms with Crippen LogP contribution in [0.1, 0.15) is 11.1 Å². The normalized spacial score (nSPS) is 10.6. The third-order valence-corrected chi connectivity index (χ3v) is 5.96. The topological polar surface area (TPSA) is 30.5 Å². The molecule has 28 heavy (non-hydrogen) atoms. The van der Waals surface area contributed by atoms with Gasteiger partial charge in [0, 0.05) is 32.9 Å². The Morgan fingerprint density at radius 2 is 1.71 bits per heavy atom. The molecule has 0 saturated heterocycles. The molecule has 0 unspecified atom stereocenters. The second-order valence-electron chi connectivity index (χ2n) is 5.92. The summed E-state index contributed by atoms with van der Waals surface area (Å²) in [4.78, 5) is 0. The van der Waals surface area contributed by atoms with Crippen LogP contribution < -0.4 is 14.8 Å². The van der Waals surface area contributed by atoms with Gasteiger partial charge in [0.2, 0.25) is 0 Å². The van der Waals surface area contributed by atoms with Crippen molar-refractivity contribution in [2.45, 2.75) is 13.2 Å². The van der Waals surface area contributed by atoms with E-state index in [0.29, 0.717) is 39.7 Å². The maximum atomic E-state index is 6.25. The zero-order valence-electron chi connectivity index (χ0n) is 14.9. The molecule has 0 heterocycles. The lowest BCUT2D eigenvalue weighted by Gasteiger charge is -2.18. The van der Waals surface area contributed by atoms with Crippen LogP contribution in [-0.4, -0.2) is 7.11 Å². The van der Waals surface area contributed by atoms with Gasteiger partial charge in [-0.25, -0.2) is 0 Å². The molecule has 0 atom stereocenters. The van der Waals surface area contributed by atoms with E-state index in [4.69, 9.17) is 44.3 Å². The van der Waals surface area contributed by atoms with Gasteiger partial charge in [-0.3, -0.25) is 0 Å². The predicted octanol–water partition coefficient (Wildman–Crippen LogP) is 7.61. The molecule has 7 heteroatoms. The van der Waals surface area contributed by atoms with E-state index in [1.165, 1.54) is 0 Å². The number of rotatable bonds is 7. The van der Waals surface area contributed by atoms with Crippen molar-refractivity contribution in [1.29, 1.82) is 0 Å². The second-order valence-corrected chi connectivity index (χ2v) is 8.00. The largest absolute Gasteiger partial charge is 0.493 e. The molecule has 1 N–H and O–H groups in total. The monoisotopic (exact) mass is 499 g/mol. The summed E-state index contributed by atoms with van der Waals surface area (Å²) in [6.07, 6.45) is 0. The van der Waals surface area contributed by atoms with Crippen LogP contribution in [0.5, 0.6) is 11.5 Å². The van der Waals surface area contributed by atoms with Gasteiger partial charge in [0.25, 0.3) is 0 Å². The van der Waals surface area contributed by atoms with Gasteiger partial charge >= 0.3 is 0 Å². The summed E-state index contributed by atoms with van der Waals surface area (Å²) in [5.74, 6) is 1.28. The number of hydrogen-bond donors (Lipinski definition) is 1. The molecular weight excluding hydrogens is 484 g/mol. The van der Waals surface area contributed by atoms with Crippen molar-refractivity contribution in [2.24, 2.45) is 0 Å². The lowest BCUT2D eigenvalue weighted by Crippen LogP contribution is -2.06. The summed E-state index contributed by atoms with van der Waals surface area (Å²) in [6, 6.07) is 16.8. The molecule has 0 bridgehead atoms. The molecule has 0 aromatic heterocycles. The van der Waals surface area contributed by atoms with Crippen LogP contribution >= 0.6 is 50.7 Å². The number of nitrogens with one attached hydrogen (secondary N) is 1. The highest BCUT2D eigenvalue weighted by Crippen LogP contribution is 2.38. The third-order valence-electron chi connectivity index (χ3n) is 4.11. The van der Waals surface area contributed by atoms with Crippen LogP contribution in [0.25, 0.3) is 0 Å². The van der Waals surface area contributed by atoms with Gasteiger partial charge in [0.1, 0.15) is 6.61 Å². The fourth-order valence-electron chi connectivity index (χ4n) is 2.63. The second kappa shape index (κ2) is 9.75. The van der Waals surface area contributed by atoms with Gasteiger partial charge in [0.15, 0.2) is 11.5 Å². The maximum absolute atomic E-state index is 6.25. The molecule has 146 valence electrons. The highest BCUT2D eigenvalue weighted by atomic mass is 79.9. The highest BCUT2D eigenvalue weighted by Gasteiger charge is 2.15. The summed E-state index contributed by atoms with van der Waals surface area (Å²) in [5.41, 5.74) is 2.66. The SMILES string of the molecule is COc1ccc(Br)c(CNc2ccc(Cl)c(Cl)c2)c1OCc1ccccc1Cl. The first kappa shape index (κ1) is 21.1. The van der Waals surface area contributed by atoms with E-state index in [1.807, 2.05) is 42.5 Å². The minimum Gasteiger partial charge on any atom is -0.493 e. The lowest BCUT2D eigenvalue weighted by molar-refractivity contribution is 0.281. The first-order valence-corrected chi connectivity index (χ1v) is 10.3. The smallest absolute Gasteiger partial charge is 0.167 e. The molecule has 0 radical (unpaired) electrons. The molecular formula is C21H17BrCl3NO2. The Kier molecular flexibility index (Phi) is 7.36. The van der Waals surface area contributed by atoms with Crippen molar-refractivity contribution < 1.29 is 9.47 Å². The van der Waals surface area contributed by atoms with Crippen molar-refractivity contribution in [3.05, 3.63) is 85.3 Å². The van der Waals surface area contributed by atoms with E-state index in [0.717, 1.165) is 21.3 Å². The van der Waals surface area contributed by atoms with E-state index in [9.17, 15) is 0 Å². The van der Waals surface area contributed by atoms with Gasteiger partial charge in [-0.1, -0.05) is 68.9 Å². The van der Waals surface area contributed by atoms with E-state index >= 15 is 0 Å². The average molecular weight is 502 g/mol. The first-order valence-electron chi connectivity index (χ1n) is 8.40. The molecule has 0 aliphatic carbocycles. The van der Waals surface area contributed by atoms with Crippen LogP contribution in [-0.2, 0) is 13.2 Å². The number of halogens is 4. The van der Waals surface area contributed by atoms with Gasteiger partial charge in [-0.2, -0.15) is 0 Å². The van der Waals surface area contributed by atoms with Crippen LogP contribution in [0.4, 0.5) is 5.69 Å². The Morgan fingerprint density at radius 3 is 2.43 bits per heavy atom. The van der Waals surface area contributed by atoms with Gasteiger partial charge in [-0.15, -0.1) is 0 Å². The Bertz CT molecular complexity index is 982. The zero-order chi connectivity index (χ0) is 20.1. The average Bonchev–Trinajstić information content (AvgIpc) is 2.69. The molecule has 3 rings (SSSR count). The van der Waals surface area contributed by atoms with Crippen molar-refractivity contribution >= 4 is 56.4 Å². The van der Waals surface area contributed by atoms with Gasteiger partial charge < -0.3 is 14.8 Å². The van der Waals surface area contributed by atoms with Crippen molar-refractivity contribution in [3.8, 4) is 11.5 Å². The number of hydrogen-bond acceptors (Lipinski definition) is 3. The molecule has 3 aromatic rings. The summed E-state index contributed by atoms with van der Waals surface area (Å²) >= 11 is 21.9. The standard InChI is InChI=1S/C21H17BrCl3NO2/c1-27-20-9-7-16(22)15(11-26-14-6-8-18(24)19(25)10-14)21(20)28-12-13-4-2-3-5-17(13)23/h2-10,26H,11-12H2,1H3. The summed E-state index contributed by atoms with van der Waals surface area (Å²) in [6.45, 7) is 0.819. The van der Waals surface area contributed by atoms with Gasteiger partial charge in [0.05, 0.1) is 17.2 Å². The molecule has 0 saturated carbocycles. The van der Waals surface area contributed by atoms with Crippen LogP contribution in [0.3, 0.4) is 0 Å². The number of benzene rings is 3. The lowest BCUT2D eigenvalue weighted by atomic mass is 10.1. The fraction of sp³-hybridized carbons (Fsp3) is 0.143. The summed E-state index contributed by atoms with van der Waals surface area (Å²) in [5, 5.41) is 5.00.